The summed E-state index contributed by atoms with van der Waals surface area (Å²) in [5, 5.41) is 7.14. The Kier molecular flexibility index (Phi) is 5.43. The van der Waals surface area contributed by atoms with Crippen LogP contribution in [0.15, 0.2) is 48.5 Å². The Morgan fingerprint density at radius 2 is 1.65 bits per heavy atom. The van der Waals surface area contributed by atoms with E-state index < -0.39 is 0 Å². The summed E-state index contributed by atoms with van der Waals surface area (Å²) in [7, 11) is 3.23. The van der Waals surface area contributed by atoms with Gasteiger partial charge in [-0.3, -0.25) is 0 Å². The van der Waals surface area contributed by atoms with E-state index in [0.29, 0.717) is 28.2 Å². The van der Waals surface area contributed by atoms with Crippen molar-refractivity contribution < 1.29 is 9.47 Å². The number of anilines is 4. The van der Waals surface area contributed by atoms with Gasteiger partial charge in [0.25, 0.3) is 0 Å². The first-order chi connectivity index (χ1) is 12.6. The average Bonchev–Trinajstić information content (AvgIpc) is 2.61. The second kappa shape index (κ2) is 7.93. The lowest BCUT2D eigenvalue weighted by molar-refractivity contribution is 0.405. The van der Waals surface area contributed by atoms with E-state index >= 15 is 0 Å². The lowest BCUT2D eigenvalue weighted by atomic mass is 10.2. The lowest BCUT2D eigenvalue weighted by Crippen LogP contribution is -2.02. The zero-order chi connectivity index (χ0) is 18.5. The van der Waals surface area contributed by atoms with Crippen molar-refractivity contribution in [3.8, 4) is 11.5 Å². The predicted octanol–water partition coefficient (Wildman–Crippen LogP) is 4.94. The molecule has 0 aliphatic heterocycles. The highest BCUT2D eigenvalue weighted by molar-refractivity contribution is 6.30. The molecule has 0 unspecified atom stereocenters. The molecule has 26 heavy (non-hydrogen) atoms. The summed E-state index contributed by atoms with van der Waals surface area (Å²) in [6.07, 6.45) is 0. The van der Waals surface area contributed by atoms with E-state index in [9.17, 15) is 0 Å². The second-order valence-electron chi connectivity index (χ2n) is 5.51. The number of hydrogen-bond donors (Lipinski definition) is 2. The largest absolute Gasteiger partial charge is 0.497 e. The maximum atomic E-state index is 6.03. The highest BCUT2D eigenvalue weighted by Crippen LogP contribution is 2.31. The summed E-state index contributed by atoms with van der Waals surface area (Å²) < 4.78 is 10.7. The molecule has 2 N–H and O–H groups in total. The number of ether oxygens (including phenoxy) is 2. The summed E-state index contributed by atoms with van der Waals surface area (Å²) in [6.45, 7) is 1.83. The minimum absolute atomic E-state index is 0.626. The number of nitrogens with one attached hydrogen (secondary N) is 2. The van der Waals surface area contributed by atoms with Gasteiger partial charge in [-0.05, 0) is 37.3 Å². The van der Waals surface area contributed by atoms with Crippen molar-refractivity contribution >= 4 is 34.6 Å². The molecule has 0 bridgehead atoms. The Morgan fingerprint density at radius 3 is 2.35 bits per heavy atom. The first-order valence-corrected chi connectivity index (χ1v) is 8.32. The van der Waals surface area contributed by atoms with Crippen LogP contribution in [0.5, 0.6) is 11.5 Å². The van der Waals surface area contributed by atoms with E-state index in [0.717, 1.165) is 17.1 Å². The van der Waals surface area contributed by atoms with Crippen molar-refractivity contribution in [3.63, 3.8) is 0 Å². The van der Waals surface area contributed by atoms with Gasteiger partial charge in [0.2, 0.25) is 0 Å². The molecule has 3 rings (SSSR count). The lowest BCUT2D eigenvalue weighted by Gasteiger charge is -2.14. The van der Waals surface area contributed by atoms with Crippen molar-refractivity contribution in [2.24, 2.45) is 0 Å². The Morgan fingerprint density at radius 1 is 0.885 bits per heavy atom. The molecule has 0 fully saturated rings. The molecular weight excluding hydrogens is 352 g/mol. The average molecular weight is 371 g/mol. The molecule has 0 saturated carbocycles. The van der Waals surface area contributed by atoms with Crippen molar-refractivity contribution in [1.29, 1.82) is 0 Å². The molecule has 7 heteroatoms. The number of aromatic nitrogens is 2. The van der Waals surface area contributed by atoms with Crippen LogP contribution in [0.1, 0.15) is 5.82 Å². The molecule has 1 aromatic heterocycles. The zero-order valence-electron chi connectivity index (χ0n) is 14.7. The third-order valence-corrected chi connectivity index (χ3v) is 3.84. The summed E-state index contributed by atoms with van der Waals surface area (Å²) in [5.74, 6) is 3.32. The van der Waals surface area contributed by atoms with Gasteiger partial charge in [0.1, 0.15) is 29.0 Å². The van der Waals surface area contributed by atoms with Crippen LogP contribution in [-0.4, -0.2) is 24.2 Å². The third kappa shape index (κ3) is 4.34. The van der Waals surface area contributed by atoms with Crippen molar-refractivity contribution in [1.82, 2.24) is 9.97 Å². The summed E-state index contributed by atoms with van der Waals surface area (Å²) in [4.78, 5) is 8.85. The van der Waals surface area contributed by atoms with Crippen molar-refractivity contribution in [2.45, 2.75) is 6.92 Å². The van der Waals surface area contributed by atoms with Crippen LogP contribution in [0, 0.1) is 6.92 Å². The van der Waals surface area contributed by atoms with Crippen LogP contribution in [-0.2, 0) is 0 Å². The molecule has 0 saturated heterocycles. The number of benzene rings is 2. The molecule has 0 aliphatic carbocycles. The fourth-order valence-electron chi connectivity index (χ4n) is 2.46. The SMILES string of the molecule is COc1ccc(OC)c(Nc2cc(Nc3cccc(Cl)c3)nc(C)n2)c1. The minimum atomic E-state index is 0.626. The van der Waals surface area contributed by atoms with Crippen LogP contribution in [0.2, 0.25) is 5.02 Å². The molecule has 0 aliphatic rings. The Bertz CT molecular complexity index is 918. The van der Waals surface area contributed by atoms with Gasteiger partial charge < -0.3 is 20.1 Å². The van der Waals surface area contributed by atoms with Gasteiger partial charge in [-0.2, -0.15) is 0 Å². The zero-order valence-corrected chi connectivity index (χ0v) is 15.5. The van der Waals surface area contributed by atoms with E-state index in [2.05, 4.69) is 20.6 Å². The van der Waals surface area contributed by atoms with Crippen LogP contribution in [0.4, 0.5) is 23.0 Å². The first-order valence-electron chi connectivity index (χ1n) is 7.94. The van der Waals surface area contributed by atoms with Gasteiger partial charge in [0, 0.05) is 22.8 Å². The number of aryl methyl sites for hydroxylation is 1. The smallest absolute Gasteiger partial charge is 0.142 e. The quantitative estimate of drug-likeness (QED) is 0.640. The van der Waals surface area contributed by atoms with Gasteiger partial charge in [-0.15, -0.1) is 0 Å². The van der Waals surface area contributed by atoms with Gasteiger partial charge in [-0.25, -0.2) is 9.97 Å². The number of nitrogens with zero attached hydrogens (tertiary/aromatic N) is 2. The van der Waals surface area contributed by atoms with Crippen LogP contribution < -0.4 is 20.1 Å². The maximum absolute atomic E-state index is 6.03. The van der Waals surface area contributed by atoms with E-state index in [1.54, 1.807) is 14.2 Å². The van der Waals surface area contributed by atoms with E-state index in [1.807, 2.05) is 55.5 Å². The normalized spacial score (nSPS) is 10.3. The maximum Gasteiger partial charge on any atom is 0.142 e. The number of rotatable bonds is 6. The Hall–Kier alpha value is -2.99. The Labute approximate surface area is 157 Å². The molecule has 1 heterocycles. The molecule has 0 atom stereocenters. The monoisotopic (exact) mass is 370 g/mol. The molecule has 0 amide bonds. The molecule has 0 radical (unpaired) electrons. The van der Waals surface area contributed by atoms with E-state index in [-0.39, 0.29) is 0 Å². The molecule has 134 valence electrons. The van der Waals surface area contributed by atoms with Gasteiger partial charge in [0.15, 0.2) is 0 Å². The fraction of sp³-hybridized carbons (Fsp3) is 0.158. The highest BCUT2D eigenvalue weighted by atomic mass is 35.5. The topological polar surface area (TPSA) is 68.3 Å². The first kappa shape index (κ1) is 17.8. The number of hydrogen-bond acceptors (Lipinski definition) is 6. The summed E-state index contributed by atoms with van der Waals surface area (Å²) >= 11 is 6.03. The molecule has 3 aromatic rings. The van der Waals surface area contributed by atoms with Crippen LogP contribution in [0.25, 0.3) is 0 Å². The minimum Gasteiger partial charge on any atom is -0.497 e. The van der Waals surface area contributed by atoms with Gasteiger partial charge in [-0.1, -0.05) is 17.7 Å². The summed E-state index contributed by atoms with van der Waals surface area (Å²) in [5.41, 5.74) is 1.60. The standard InChI is InChI=1S/C19H19ClN4O2/c1-12-21-18(23-14-6-4-5-13(20)9-14)11-19(22-12)24-16-10-15(25-2)7-8-17(16)26-3/h4-11H,1-3H3,(H2,21,22,23,24). The van der Waals surface area contributed by atoms with Gasteiger partial charge in [0.05, 0.1) is 19.9 Å². The molecule has 2 aromatic carbocycles. The van der Waals surface area contributed by atoms with Crippen molar-refractivity contribution in [3.05, 3.63) is 59.4 Å². The predicted molar refractivity (Wildman–Crippen MR) is 104 cm³/mol. The molecule has 6 nitrogen and oxygen atoms in total. The van der Waals surface area contributed by atoms with Gasteiger partial charge >= 0.3 is 0 Å². The third-order valence-electron chi connectivity index (χ3n) is 3.60. The number of halogens is 1. The van der Waals surface area contributed by atoms with E-state index in [4.69, 9.17) is 21.1 Å². The van der Waals surface area contributed by atoms with Crippen molar-refractivity contribution in [2.75, 3.05) is 24.9 Å². The highest BCUT2D eigenvalue weighted by Gasteiger charge is 2.08. The van der Waals surface area contributed by atoms with E-state index in [1.165, 1.54) is 0 Å². The summed E-state index contributed by atoms with van der Waals surface area (Å²) in [6, 6.07) is 14.8. The molecule has 0 spiro atoms. The second-order valence-corrected chi connectivity index (χ2v) is 5.95. The van der Waals surface area contributed by atoms with Crippen LogP contribution >= 0.6 is 11.6 Å². The Balaban J connectivity index is 1.88. The molecular formula is C19H19ClN4O2. The number of methoxy groups -OCH3 is 2. The fourth-order valence-corrected chi connectivity index (χ4v) is 2.65. The van der Waals surface area contributed by atoms with Crippen LogP contribution in [0.3, 0.4) is 0 Å².